The van der Waals surface area contributed by atoms with Crippen LogP contribution in [0.2, 0.25) is 0 Å². The second-order valence-electron chi connectivity index (χ2n) is 19.5. The molecule has 5 aliphatic carbocycles. The largest absolute Gasteiger partial charge is 0.432 e. The summed E-state index contributed by atoms with van der Waals surface area (Å²) in [6.45, 7) is 12.9. The zero-order chi connectivity index (χ0) is 39.3. The number of carbonyl (C=O) groups excluding carboxylic acids is 1. The normalized spacial score (nSPS) is 56.0. The number of esters is 1. The van der Waals surface area contributed by atoms with Crippen LogP contribution in [-0.4, -0.2) is 128 Å². The molecule has 8 N–H and O–H groups in total. The summed E-state index contributed by atoms with van der Waals surface area (Å²) >= 11 is 0. The van der Waals surface area contributed by atoms with Gasteiger partial charge in [0.1, 0.15) is 42.7 Å². The number of hydrogen-bond donors (Lipinski definition) is 8. The molecule has 7 rings (SSSR count). The molecule has 6 fully saturated rings. The SMILES string of the molecule is C[C@@H]1CC[C@]2(C(=O)O[C@@H]3O[C@H](CO)[C@@H](O)[C@H](O)[C@H]3O)CC[C@]3(C)C(=CCC4[C@@]5(C)CC[C@H](O[C@@H]6OC[C@H](O)[C@H](O)[C@H]6O)[C@@](C)(CO)C5CC[C@]43C)C2[C@H]1C. The lowest BCUT2D eigenvalue weighted by Gasteiger charge is -2.71. The Morgan fingerprint density at radius 1 is 0.815 bits per heavy atom. The number of aliphatic hydroxyl groups is 8. The molecule has 0 radical (unpaired) electrons. The van der Waals surface area contributed by atoms with Gasteiger partial charge in [-0.3, -0.25) is 4.79 Å². The van der Waals surface area contributed by atoms with Gasteiger partial charge in [-0.05, 0) is 104 Å². The van der Waals surface area contributed by atoms with Crippen LogP contribution in [0, 0.1) is 56.7 Å². The van der Waals surface area contributed by atoms with Crippen LogP contribution in [-0.2, 0) is 23.7 Å². The van der Waals surface area contributed by atoms with E-state index in [1.807, 2.05) is 0 Å². The lowest BCUT2D eigenvalue weighted by molar-refractivity contribution is -0.312. The number of allylic oxidation sites excluding steroid dienone is 2. The lowest BCUT2D eigenvalue weighted by Crippen LogP contribution is -2.67. The Morgan fingerprint density at radius 2 is 1.52 bits per heavy atom. The molecule has 0 spiro atoms. The molecular weight excluding hydrogens is 700 g/mol. The fourth-order valence-corrected chi connectivity index (χ4v) is 13.5. The molecule has 2 aliphatic heterocycles. The van der Waals surface area contributed by atoms with Gasteiger partial charge in [-0.25, -0.2) is 0 Å². The molecular formula is C41H66O13. The first-order valence-electron chi connectivity index (χ1n) is 20.5. The van der Waals surface area contributed by atoms with Crippen molar-refractivity contribution in [1.82, 2.24) is 0 Å². The van der Waals surface area contributed by atoms with E-state index >= 15 is 0 Å². The van der Waals surface area contributed by atoms with E-state index in [9.17, 15) is 45.6 Å². The molecule has 13 nitrogen and oxygen atoms in total. The van der Waals surface area contributed by atoms with Crippen LogP contribution < -0.4 is 0 Å². The van der Waals surface area contributed by atoms with Crippen molar-refractivity contribution < 1.29 is 64.6 Å². The molecule has 0 amide bonds. The molecule has 3 unspecified atom stereocenters. The van der Waals surface area contributed by atoms with Crippen LogP contribution in [0.3, 0.4) is 0 Å². The van der Waals surface area contributed by atoms with Crippen molar-refractivity contribution in [2.75, 3.05) is 19.8 Å². The zero-order valence-corrected chi connectivity index (χ0v) is 32.8. The van der Waals surface area contributed by atoms with Crippen LogP contribution in [0.25, 0.3) is 0 Å². The molecule has 0 aromatic rings. The maximum Gasteiger partial charge on any atom is 0.315 e. The number of rotatable bonds is 6. The Balaban J connectivity index is 1.18. The molecule has 7 aliphatic rings. The molecule has 54 heavy (non-hydrogen) atoms. The van der Waals surface area contributed by atoms with Crippen molar-refractivity contribution in [3.63, 3.8) is 0 Å². The van der Waals surface area contributed by atoms with Crippen LogP contribution in [0.15, 0.2) is 11.6 Å². The van der Waals surface area contributed by atoms with E-state index in [1.54, 1.807) is 0 Å². The van der Waals surface area contributed by atoms with Gasteiger partial charge in [0, 0.05) is 5.41 Å². The van der Waals surface area contributed by atoms with E-state index < -0.39 is 84.8 Å². The number of carbonyl (C=O) groups is 1. The predicted molar refractivity (Wildman–Crippen MR) is 193 cm³/mol. The summed E-state index contributed by atoms with van der Waals surface area (Å²) in [6, 6.07) is 0. The molecule has 13 heteroatoms. The Labute approximate surface area is 319 Å². The molecule has 20 atom stereocenters. The number of aliphatic hydroxyl groups excluding tert-OH is 8. The summed E-state index contributed by atoms with van der Waals surface area (Å²) in [5.41, 5.74) is -0.701. The Hall–Kier alpha value is -1.23. The summed E-state index contributed by atoms with van der Waals surface area (Å²) in [7, 11) is 0. The van der Waals surface area contributed by atoms with Gasteiger partial charge in [0.15, 0.2) is 6.29 Å². The minimum absolute atomic E-state index is 0.103. The summed E-state index contributed by atoms with van der Waals surface area (Å²) < 4.78 is 23.7. The van der Waals surface area contributed by atoms with Crippen molar-refractivity contribution in [3.05, 3.63) is 11.6 Å². The fourth-order valence-electron chi connectivity index (χ4n) is 13.5. The lowest BCUT2D eigenvalue weighted by atomic mass is 9.33. The van der Waals surface area contributed by atoms with Gasteiger partial charge < -0.3 is 59.8 Å². The molecule has 0 bridgehead atoms. The van der Waals surface area contributed by atoms with Crippen molar-refractivity contribution in [2.45, 2.75) is 161 Å². The van der Waals surface area contributed by atoms with Crippen molar-refractivity contribution >= 4 is 5.97 Å². The highest BCUT2D eigenvalue weighted by atomic mass is 16.7. The second kappa shape index (κ2) is 14.2. The highest BCUT2D eigenvalue weighted by Crippen LogP contribution is 2.76. The first kappa shape index (κ1) is 40.9. The molecule has 308 valence electrons. The average molecular weight is 767 g/mol. The van der Waals surface area contributed by atoms with Crippen LogP contribution >= 0.6 is 0 Å². The smallest absolute Gasteiger partial charge is 0.315 e. The number of fused-ring (bicyclic) bond motifs is 7. The van der Waals surface area contributed by atoms with Crippen LogP contribution in [0.1, 0.15) is 99.3 Å². The average Bonchev–Trinajstić information content (AvgIpc) is 3.14. The summed E-state index contributed by atoms with van der Waals surface area (Å²) in [5, 5.41) is 83.5. The van der Waals surface area contributed by atoms with E-state index in [1.165, 1.54) is 5.57 Å². The topological polar surface area (TPSA) is 216 Å². The number of ether oxygens (including phenoxy) is 4. The maximum absolute atomic E-state index is 14.6. The van der Waals surface area contributed by atoms with Crippen LogP contribution in [0.4, 0.5) is 0 Å². The van der Waals surface area contributed by atoms with Crippen LogP contribution in [0.5, 0.6) is 0 Å². The predicted octanol–water partition coefficient (Wildman–Crippen LogP) is 1.78. The molecule has 4 saturated carbocycles. The minimum Gasteiger partial charge on any atom is -0.432 e. The van der Waals surface area contributed by atoms with Crippen molar-refractivity contribution in [3.8, 4) is 0 Å². The highest BCUT2D eigenvalue weighted by Gasteiger charge is 2.70. The third-order valence-corrected chi connectivity index (χ3v) is 17.3. The van der Waals surface area contributed by atoms with E-state index in [0.717, 1.165) is 38.5 Å². The molecule has 0 aromatic heterocycles. The van der Waals surface area contributed by atoms with Gasteiger partial charge in [0.2, 0.25) is 6.29 Å². The second-order valence-corrected chi connectivity index (χ2v) is 19.5. The van der Waals surface area contributed by atoms with Gasteiger partial charge >= 0.3 is 5.97 Å². The first-order chi connectivity index (χ1) is 25.3. The quantitative estimate of drug-likeness (QED) is 0.110. The maximum atomic E-state index is 14.6. The first-order valence-corrected chi connectivity index (χ1v) is 20.5. The van der Waals surface area contributed by atoms with Gasteiger partial charge in [-0.2, -0.15) is 0 Å². The van der Waals surface area contributed by atoms with E-state index in [2.05, 4.69) is 47.6 Å². The Morgan fingerprint density at radius 3 is 2.20 bits per heavy atom. The molecule has 2 heterocycles. The van der Waals surface area contributed by atoms with E-state index in [0.29, 0.717) is 25.2 Å². The monoisotopic (exact) mass is 766 g/mol. The third kappa shape index (κ3) is 5.76. The van der Waals surface area contributed by atoms with Gasteiger partial charge in [0.25, 0.3) is 0 Å². The fraction of sp³-hybridized carbons (Fsp3) is 0.927. The summed E-state index contributed by atoms with van der Waals surface area (Å²) in [4.78, 5) is 14.6. The standard InChI is InChI=1S/C41H66O13/c1-20-9-14-41(36(50)54-35-33(49)31(47)30(46)24(17-42)52-35)16-15-39(5)22(28(41)21(20)2)7-8-26-37(3)12-11-27(53-34-32(48)29(45)23(44)18-51-34)38(4,19-43)25(37)10-13-40(26,39)6/h7,20-21,23-35,42-49H,8-19H2,1-6H3/t20-,21+,23+,24-,25?,26?,27+,28?,29+,30-,31+,32-,33-,34+,35+,37+,38+,39-,40-,41+/m1/s1. The molecule has 0 aromatic carbocycles. The molecule has 2 saturated heterocycles. The Bertz CT molecular complexity index is 1440. The third-order valence-electron chi connectivity index (χ3n) is 17.3. The Kier molecular flexibility index (Phi) is 10.8. The van der Waals surface area contributed by atoms with Gasteiger partial charge in [0.05, 0.1) is 31.3 Å². The van der Waals surface area contributed by atoms with E-state index in [4.69, 9.17) is 18.9 Å². The summed E-state index contributed by atoms with van der Waals surface area (Å²) in [6.07, 6.45) is -3.71. The highest BCUT2D eigenvalue weighted by molar-refractivity contribution is 5.79. The van der Waals surface area contributed by atoms with Gasteiger partial charge in [-0.15, -0.1) is 0 Å². The number of hydrogen-bond acceptors (Lipinski definition) is 13. The minimum atomic E-state index is -1.66. The zero-order valence-electron chi connectivity index (χ0n) is 32.8. The van der Waals surface area contributed by atoms with Gasteiger partial charge in [-0.1, -0.05) is 53.2 Å². The van der Waals surface area contributed by atoms with E-state index in [-0.39, 0.29) is 53.1 Å². The van der Waals surface area contributed by atoms with Crippen molar-refractivity contribution in [2.24, 2.45) is 56.7 Å². The summed E-state index contributed by atoms with van der Waals surface area (Å²) in [5.74, 6) is 0.341. The van der Waals surface area contributed by atoms with Crippen molar-refractivity contribution in [1.29, 1.82) is 0 Å².